The van der Waals surface area contributed by atoms with Crippen molar-refractivity contribution < 1.29 is 9.53 Å². The van der Waals surface area contributed by atoms with Gasteiger partial charge < -0.3 is 10.5 Å². The number of esters is 1. The van der Waals surface area contributed by atoms with E-state index in [0.29, 0.717) is 10.7 Å². The molecule has 0 spiro atoms. The number of benzene rings is 1. The molecule has 1 aromatic rings. The van der Waals surface area contributed by atoms with Crippen molar-refractivity contribution in [2.24, 2.45) is 0 Å². The fourth-order valence-corrected chi connectivity index (χ4v) is 1.68. The standard InChI is InChI=1S/C12H16ClNO2/c1-3-8(4-2)16-12(15)11-9(13)6-5-7-10(11)14/h5-8H,3-4,14H2,1-2H3. The molecule has 0 aromatic heterocycles. The Morgan fingerprint density at radius 1 is 1.44 bits per heavy atom. The molecule has 0 heterocycles. The van der Waals surface area contributed by atoms with Crippen molar-refractivity contribution in [1.29, 1.82) is 0 Å². The minimum Gasteiger partial charge on any atom is -0.459 e. The fourth-order valence-electron chi connectivity index (χ4n) is 1.42. The average molecular weight is 242 g/mol. The molecule has 0 aliphatic carbocycles. The number of rotatable bonds is 4. The van der Waals surface area contributed by atoms with Crippen LogP contribution in [0.3, 0.4) is 0 Å². The van der Waals surface area contributed by atoms with Gasteiger partial charge in [0, 0.05) is 5.69 Å². The molecule has 3 nitrogen and oxygen atoms in total. The monoisotopic (exact) mass is 241 g/mol. The summed E-state index contributed by atoms with van der Waals surface area (Å²) in [6.07, 6.45) is 1.49. The van der Waals surface area contributed by atoms with Gasteiger partial charge in [-0.05, 0) is 25.0 Å². The lowest BCUT2D eigenvalue weighted by Crippen LogP contribution is -2.18. The molecule has 2 N–H and O–H groups in total. The molecule has 0 bridgehead atoms. The van der Waals surface area contributed by atoms with Gasteiger partial charge in [-0.2, -0.15) is 0 Å². The minimum atomic E-state index is -0.447. The maximum Gasteiger partial charge on any atom is 0.342 e. The van der Waals surface area contributed by atoms with Crippen LogP contribution in [0.15, 0.2) is 18.2 Å². The number of nitrogens with two attached hydrogens (primary N) is 1. The van der Waals surface area contributed by atoms with Gasteiger partial charge in [0.1, 0.15) is 11.7 Å². The van der Waals surface area contributed by atoms with Gasteiger partial charge in [0.2, 0.25) is 0 Å². The van der Waals surface area contributed by atoms with E-state index in [1.807, 2.05) is 13.8 Å². The molecule has 1 aromatic carbocycles. The number of carbonyl (C=O) groups is 1. The first-order chi connectivity index (χ1) is 7.60. The highest BCUT2D eigenvalue weighted by Crippen LogP contribution is 2.23. The van der Waals surface area contributed by atoms with Crippen molar-refractivity contribution in [3.8, 4) is 0 Å². The number of carbonyl (C=O) groups excluding carboxylic acids is 1. The first kappa shape index (κ1) is 12.8. The molecular weight excluding hydrogens is 226 g/mol. The zero-order valence-electron chi connectivity index (χ0n) is 9.50. The van der Waals surface area contributed by atoms with Crippen LogP contribution in [0.4, 0.5) is 5.69 Å². The average Bonchev–Trinajstić information content (AvgIpc) is 2.25. The zero-order chi connectivity index (χ0) is 12.1. The molecule has 88 valence electrons. The molecule has 4 heteroatoms. The van der Waals surface area contributed by atoms with Crippen LogP contribution in [0.1, 0.15) is 37.0 Å². The van der Waals surface area contributed by atoms with Crippen molar-refractivity contribution in [2.45, 2.75) is 32.8 Å². The SMILES string of the molecule is CCC(CC)OC(=O)c1c(N)cccc1Cl. The largest absolute Gasteiger partial charge is 0.459 e. The van der Waals surface area contributed by atoms with Crippen molar-refractivity contribution >= 4 is 23.3 Å². The summed E-state index contributed by atoms with van der Waals surface area (Å²) in [5, 5.41) is 0.330. The molecule has 0 amide bonds. The first-order valence-corrected chi connectivity index (χ1v) is 5.72. The van der Waals surface area contributed by atoms with Crippen LogP contribution in [0, 0.1) is 0 Å². The number of anilines is 1. The maximum absolute atomic E-state index is 11.8. The van der Waals surface area contributed by atoms with E-state index in [1.54, 1.807) is 18.2 Å². The summed E-state index contributed by atoms with van der Waals surface area (Å²) in [6.45, 7) is 3.94. The van der Waals surface area contributed by atoms with Crippen LogP contribution in [0.5, 0.6) is 0 Å². The predicted octanol–water partition coefficient (Wildman–Crippen LogP) is 3.27. The normalized spacial score (nSPS) is 10.5. The van der Waals surface area contributed by atoms with E-state index < -0.39 is 5.97 Å². The van der Waals surface area contributed by atoms with Crippen molar-refractivity contribution in [3.05, 3.63) is 28.8 Å². The summed E-state index contributed by atoms with van der Waals surface area (Å²) in [4.78, 5) is 11.8. The lowest BCUT2D eigenvalue weighted by Gasteiger charge is -2.15. The van der Waals surface area contributed by atoms with Gasteiger partial charge in [0.25, 0.3) is 0 Å². The summed E-state index contributed by atoms with van der Waals surface area (Å²) in [5.74, 6) is -0.447. The summed E-state index contributed by atoms with van der Waals surface area (Å²) in [6, 6.07) is 4.96. The lowest BCUT2D eigenvalue weighted by molar-refractivity contribution is 0.0286. The van der Waals surface area contributed by atoms with Gasteiger partial charge in [0.05, 0.1) is 5.02 Å². The Morgan fingerprint density at radius 3 is 2.56 bits per heavy atom. The molecule has 0 saturated heterocycles. The molecular formula is C12H16ClNO2. The Balaban J connectivity index is 2.88. The Hall–Kier alpha value is -1.22. The number of ether oxygens (including phenoxy) is 1. The molecule has 0 radical (unpaired) electrons. The summed E-state index contributed by atoms with van der Waals surface area (Å²) >= 11 is 5.91. The molecule has 0 aliphatic heterocycles. The first-order valence-electron chi connectivity index (χ1n) is 5.35. The second kappa shape index (κ2) is 5.75. The second-order valence-electron chi connectivity index (χ2n) is 3.55. The van der Waals surface area contributed by atoms with Crippen LogP contribution in [-0.2, 0) is 4.74 Å². The van der Waals surface area contributed by atoms with E-state index in [1.165, 1.54) is 0 Å². The van der Waals surface area contributed by atoms with Crippen LogP contribution < -0.4 is 5.73 Å². The third-order valence-electron chi connectivity index (χ3n) is 2.43. The molecule has 0 saturated carbocycles. The number of nitrogen functional groups attached to an aromatic ring is 1. The Bertz CT molecular complexity index is 355. The Kier molecular flexibility index (Phi) is 4.62. The smallest absolute Gasteiger partial charge is 0.342 e. The Labute approximate surface area is 101 Å². The zero-order valence-corrected chi connectivity index (χ0v) is 10.3. The van der Waals surface area contributed by atoms with Gasteiger partial charge in [-0.3, -0.25) is 0 Å². The highest BCUT2D eigenvalue weighted by Gasteiger charge is 2.18. The third kappa shape index (κ3) is 2.89. The van der Waals surface area contributed by atoms with Crippen LogP contribution in [0.2, 0.25) is 5.02 Å². The van der Waals surface area contributed by atoms with Crippen molar-refractivity contribution in [1.82, 2.24) is 0 Å². The highest BCUT2D eigenvalue weighted by molar-refractivity contribution is 6.34. The van der Waals surface area contributed by atoms with Crippen LogP contribution >= 0.6 is 11.6 Å². The fraction of sp³-hybridized carbons (Fsp3) is 0.417. The number of halogens is 1. The minimum absolute atomic E-state index is 0.0804. The van der Waals surface area contributed by atoms with Gasteiger partial charge >= 0.3 is 5.97 Å². The summed E-state index contributed by atoms with van der Waals surface area (Å²) in [7, 11) is 0. The molecule has 0 unspecified atom stereocenters. The van der Waals surface area contributed by atoms with Crippen molar-refractivity contribution in [2.75, 3.05) is 5.73 Å². The number of hydrogen-bond donors (Lipinski definition) is 1. The van der Waals surface area contributed by atoms with E-state index in [0.717, 1.165) is 12.8 Å². The molecule has 1 rings (SSSR count). The van der Waals surface area contributed by atoms with E-state index >= 15 is 0 Å². The van der Waals surface area contributed by atoms with E-state index in [-0.39, 0.29) is 11.7 Å². The molecule has 0 fully saturated rings. The maximum atomic E-state index is 11.8. The third-order valence-corrected chi connectivity index (χ3v) is 2.75. The summed E-state index contributed by atoms with van der Waals surface area (Å²) in [5.41, 5.74) is 6.31. The highest BCUT2D eigenvalue weighted by atomic mass is 35.5. The van der Waals surface area contributed by atoms with E-state index in [4.69, 9.17) is 22.1 Å². The van der Waals surface area contributed by atoms with Gasteiger partial charge in [-0.15, -0.1) is 0 Å². The van der Waals surface area contributed by atoms with Crippen LogP contribution in [0.25, 0.3) is 0 Å². The number of hydrogen-bond acceptors (Lipinski definition) is 3. The van der Waals surface area contributed by atoms with E-state index in [2.05, 4.69) is 0 Å². The van der Waals surface area contributed by atoms with Gasteiger partial charge in [0.15, 0.2) is 0 Å². The van der Waals surface area contributed by atoms with Crippen molar-refractivity contribution in [3.63, 3.8) is 0 Å². The van der Waals surface area contributed by atoms with Crippen LogP contribution in [-0.4, -0.2) is 12.1 Å². The predicted molar refractivity (Wildman–Crippen MR) is 65.6 cm³/mol. The quantitative estimate of drug-likeness (QED) is 0.650. The Morgan fingerprint density at radius 2 is 2.06 bits per heavy atom. The second-order valence-corrected chi connectivity index (χ2v) is 3.96. The van der Waals surface area contributed by atoms with E-state index in [9.17, 15) is 4.79 Å². The molecule has 0 aliphatic rings. The molecule has 0 atom stereocenters. The van der Waals surface area contributed by atoms with Gasteiger partial charge in [-0.1, -0.05) is 31.5 Å². The summed E-state index contributed by atoms with van der Waals surface area (Å²) < 4.78 is 5.29. The molecule has 16 heavy (non-hydrogen) atoms. The lowest BCUT2D eigenvalue weighted by atomic mass is 10.1. The van der Waals surface area contributed by atoms with Gasteiger partial charge in [-0.25, -0.2) is 4.79 Å². The topological polar surface area (TPSA) is 52.3 Å².